The number of furan rings is 1. The van der Waals surface area contributed by atoms with E-state index in [-0.39, 0.29) is 0 Å². The lowest BCUT2D eigenvalue weighted by atomic mass is 9.98. The van der Waals surface area contributed by atoms with Gasteiger partial charge in [0.15, 0.2) is 0 Å². The van der Waals surface area contributed by atoms with E-state index in [0.717, 1.165) is 11.3 Å². The summed E-state index contributed by atoms with van der Waals surface area (Å²) in [6, 6.07) is 8.11. The molecular formula is C12H15NO. The predicted octanol–water partition coefficient (Wildman–Crippen LogP) is 2.80. The zero-order valence-electron chi connectivity index (χ0n) is 8.58. The number of fused-ring (bicyclic) bond motifs is 1. The summed E-state index contributed by atoms with van der Waals surface area (Å²) in [6.45, 7) is 4.79. The number of hydrogen-bond acceptors (Lipinski definition) is 2. The third-order valence-corrected chi connectivity index (χ3v) is 2.67. The predicted molar refractivity (Wildman–Crippen MR) is 58.4 cm³/mol. The van der Waals surface area contributed by atoms with Gasteiger partial charge in [0.05, 0.1) is 0 Å². The molecule has 0 aliphatic rings. The van der Waals surface area contributed by atoms with Gasteiger partial charge in [0.25, 0.3) is 0 Å². The van der Waals surface area contributed by atoms with Crippen LogP contribution in [0, 0.1) is 6.92 Å². The van der Waals surface area contributed by atoms with Gasteiger partial charge in [-0.2, -0.15) is 0 Å². The van der Waals surface area contributed by atoms with E-state index in [1.165, 1.54) is 10.9 Å². The molecule has 1 atom stereocenters. The van der Waals surface area contributed by atoms with Crippen LogP contribution >= 0.6 is 0 Å². The highest BCUT2D eigenvalue weighted by molar-refractivity contribution is 5.82. The van der Waals surface area contributed by atoms with E-state index >= 15 is 0 Å². The maximum Gasteiger partial charge on any atom is 0.134 e. The first kappa shape index (κ1) is 9.28. The van der Waals surface area contributed by atoms with Crippen LogP contribution in [-0.4, -0.2) is 6.54 Å². The lowest BCUT2D eigenvalue weighted by molar-refractivity contribution is 0.565. The van der Waals surface area contributed by atoms with Crippen molar-refractivity contribution in [2.75, 3.05) is 6.54 Å². The van der Waals surface area contributed by atoms with Crippen LogP contribution in [0.5, 0.6) is 0 Å². The molecule has 0 saturated heterocycles. The minimum Gasteiger partial charge on any atom is -0.461 e. The van der Waals surface area contributed by atoms with Gasteiger partial charge < -0.3 is 10.2 Å². The van der Waals surface area contributed by atoms with Crippen molar-refractivity contribution in [1.29, 1.82) is 0 Å². The van der Waals surface area contributed by atoms with Crippen molar-refractivity contribution < 1.29 is 4.42 Å². The van der Waals surface area contributed by atoms with Crippen molar-refractivity contribution in [2.45, 2.75) is 19.8 Å². The molecule has 2 N–H and O–H groups in total. The fraction of sp³-hybridized carbons (Fsp3) is 0.333. The first-order valence-electron chi connectivity index (χ1n) is 4.92. The molecule has 0 bridgehead atoms. The summed E-state index contributed by atoms with van der Waals surface area (Å²) in [5.41, 5.74) is 7.89. The van der Waals surface area contributed by atoms with E-state index in [0.29, 0.717) is 12.5 Å². The number of rotatable bonds is 2. The van der Waals surface area contributed by atoms with Gasteiger partial charge in [0, 0.05) is 10.9 Å². The molecule has 2 aromatic rings. The average Bonchev–Trinajstić information content (AvgIpc) is 2.53. The Morgan fingerprint density at radius 2 is 2.07 bits per heavy atom. The summed E-state index contributed by atoms with van der Waals surface area (Å²) < 4.78 is 5.67. The van der Waals surface area contributed by atoms with Crippen molar-refractivity contribution in [3.63, 3.8) is 0 Å². The van der Waals surface area contributed by atoms with Crippen molar-refractivity contribution in [2.24, 2.45) is 5.73 Å². The zero-order valence-corrected chi connectivity index (χ0v) is 8.58. The van der Waals surface area contributed by atoms with Gasteiger partial charge >= 0.3 is 0 Å². The molecule has 0 radical (unpaired) electrons. The Kier molecular flexibility index (Phi) is 2.30. The largest absolute Gasteiger partial charge is 0.461 e. The fourth-order valence-corrected chi connectivity index (χ4v) is 1.92. The highest BCUT2D eigenvalue weighted by Gasteiger charge is 2.14. The second kappa shape index (κ2) is 3.46. The maximum absolute atomic E-state index is 5.68. The van der Waals surface area contributed by atoms with Crippen LogP contribution in [0.25, 0.3) is 11.0 Å². The van der Waals surface area contributed by atoms with E-state index in [1.54, 1.807) is 0 Å². The Balaban J connectivity index is 2.67. The number of benzene rings is 1. The molecule has 0 saturated carbocycles. The third-order valence-electron chi connectivity index (χ3n) is 2.67. The van der Waals surface area contributed by atoms with Crippen LogP contribution in [0.1, 0.15) is 24.2 Å². The van der Waals surface area contributed by atoms with Crippen LogP contribution in [0.15, 0.2) is 28.7 Å². The summed E-state index contributed by atoms with van der Waals surface area (Å²) in [4.78, 5) is 0. The van der Waals surface area contributed by atoms with E-state index in [9.17, 15) is 0 Å². The fourth-order valence-electron chi connectivity index (χ4n) is 1.92. The first-order valence-corrected chi connectivity index (χ1v) is 4.92. The normalized spacial score (nSPS) is 13.4. The Morgan fingerprint density at radius 3 is 2.79 bits per heavy atom. The molecule has 0 spiro atoms. The standard InChI is InChI=1S/C12H15NO/c1-8(7-13)12-9(2)14-11-6-4-3-5-10(11)12/h3-6,8H,7,13H2,1-2H3. The lowest BCUT2D eigenvalue weighted by Crippen LogP contribution is -2.09. The van der Waals surface area contributed by atoms with Gasteiger partial charge in [-0.1, -0.05) is 25.1 Å². The highest BCUT2D eigenvalue weighted by atomic mass is 16.3. The summed E-state index contributed by atoms with van der Waals surface area (Å²) in [7, 11) is 0. The molecule has 0 aliphatic heterocycles. The molecule has 1 aromatic heterocycles. The molecule has 0 aliphatic carbocycles. The molecule has 74 valence electrons. The average molecular weight is 189 g/mol. The van der Waals surface area contributed by atoms with Crippen molar-refractivity contribution in [3.8, 4) is 0 Å². The molecule has 2 rings (SSSR count). The number of hydrogen-bond donors (Lipinski definition) is 1. The van der Waals surface area contributed by atoms with Gasteiger partial charge in [-0.05, 0) is 25.5 Å². The molecular weight excluding hydrogens is 174 g/mol. The Labute approximate surface area is 83.7 Å². The topological polar surface area (TPSA) is 39.2 Å². The molecule has 0 amide bonds. The van der Waals surface area contributed by atoms with Crippen LogP contribution < -0.4 is 5.73 Å². The van der Waals surface area contributed by atoms with Crippen LogP contribution in [0.3, 0.4) is 0 Å². The Hall–Kier alpha value is -1.28. The van der Waals surface area contributed by atoms with Gasteiger partial charge in [-0.25, -0.2) is 0 Å². The van der Waals surface area contributed by atoms with Gasteiger partial charge in [-0.15, -0.1) is 0 Å². The summed E-state index contributed by atoms with van der Waals surface area (Å²) in [5, 5.41) is 1.20. The number of aryl methyl sites for hydroxylation is 1. The molecule has 1 unspecified atom stereocenters. The number of para-hydroxylation sites is 1. The monoisotopic (exact) mass is 189 g/mol. The van der Waals surface area contributed by atoms with Crippen LogP contribution in [-0.2, 0) is 0 Å². The molecule has 1 heterocycles. The maximum atomic E-state index is 5.68. The molecule has 2 nitrogen and oxygen atoms in total. The lowest BCUT2D eigenvalue weighted by Gasteiger charge is -2.06. The minimum absolute atomic E-state index is 0.360. The quantitative estimate of drug-likeness (QED) is 0.789. The molecule has 1 aromatic carbocycles. The number of nitrogens with two attached hydrogens (primary N) is 1. The summed E-state index contributed by atoms with van der Waals surface area (Å²) >= 11 is 0. The van der Waals surface area contributed by atoms with Crippen LogP contribution in [0.2, 0.25) is 0 Å². The van der Waals surface area contributed by atoms with E-state index in [2.05, 4.69) is 13.0 Å². The molecule has 0 fully saturated rings. The van der Waals surface area contributed by atoms with Gasteiger partial charge in [-0.3, -0.25) is 0 Å². The Morgan fingerprint density at radius 1 is 1.36 bits per heavy atom. The van der Waals surface area contributed by atoms with Crippen LogP contribution in [0.4, 0.5) is 0 Å². The second-order valence-corrected chi connectivity index (χ2v) is 3.70. The second-order valence-electron chi connectivity index (χ2n) is 3.70. The third kappa shape index (κ3) is 1.32. The van der Waals surface area contributed by atoms with Gasteiger partial charge in [0.1, 0.15) is 11.3 Å². The van der Waals surface area contributed by atoms with E-state index in [4.69, 9.17) is 10.2 Å². The highest BCUT2D eigenvalue weighted by Crippen LogP contribution is 2.30. The summed E-state index contributed by atoms with van der Waals surface area (Å²) in [6.07, 6.45) is 0. The Bertz CT molecular complexity index is 445. The van der Waals surface area contributed by atoms with Crippen molar-refractivity contribution in [1.82, 2.24) is 0 Å². The zero-order chi connectivity index (χ0) is 10.1. The molecule has 14 heavy (non-hydrogen) atoms. The van der Waals surface area contributed by atoms with E-state index < -0.39 is 0 Å². The molecule has 2 heteroatoms. The smallest absolute Gasteiger partial charge is 0.134 e. The minimum atomic E-state index is 0.360. The van der Waals surface area contributed by atoms with Crippen molar-refractivity contribution >= 4 is 11.0 Å². The van der Waals surface area contributed by atoms with E-state index in [1.807, 2.05) is 25.1 Å². The van der Waals surface area contributed by atoms with Gasteiger partial charge in [0.2, 0.25) is 0 Å². The summed E-state index contributed by atoms with van der Waals surface area (Å²) in [5.74, 6) is 1.35. The first-order chi connectivity index (χ1) is 6.74. The van der Waals surface area contributed by atoms with Crippen molar-refractivity contribution in [3.05, 3.63) is 35.6 Å². The SMILES string of the molecule is Cc1oc2ccccc2c1C(C)CN.